The van der Waals surface area contributed by atoms with Gasteiger partial charge in [-0.1, -0.05) is 55.1 Å². The lowest BCUT2D eigenvalue weighted by Gasteiger charge is -2.33. The van der Waals surface area contributed by atoms with Crippen LogP contribution in [0.2, 0.25) is 5.02 Å². The van der Waals surface area contributed by atoms with Crippen molar-refractivity contribution in [2.75, 3.05) is 17.1 Å². The second kappa shape index (κ2) is 12.2. The van der Waals surface area contributed by atoms with Gasteiger partial charge in [0.05, 0.1) is 11.9 Å². The maximum Gasteiger partial charge on any atom is 0.244 e. The first-order chi connectivity index (χ1) is 16.6. The average molecular weight is 585 g/mol. The molecular formula is C25H31BrClN3O4S. The summed E-state index contributed by atoms with van der Waals surface area (Å²) >= 11 is 9.39. The number of benzene rings is 2. The van der Waals surface area contributed by atoms with Crippen molar-refractivity contribution in [1.29, 1.82) is 0 Å². The molecule has 0 aliphatic heterocycles. The van der Waals surface area contributed by atoms with Gasteiger partial charge in [0, 0.05) is 22.1 Å². The molecule has 0 radical (unpaired) electrons. The summed E-state index contributed by atoms with van der Waals surface area (Å²) in [4.78, 5) is 28.2. The third kappa shape index (κ3) is 7.69. The molecule has 0 aromatic heterocycles. The van der Waals surface area contributed by atoms with E-state index < -0.39 is 28.5 Å². The Labute approximate surface area is 221 Å². The molecule has 0 unspecified atom stereocenters. The predicted molar refractivity (Wildman–Crippen MR) is 143 cm³/mol. The van der Waals surface area contributed by atoms with Crippen LogP contribution in [0.5, 0.6) is 0 Å². The number of amides is 2. The maximum absolute atomic E-state index is 13.6. The zero-order chi connectivity index (χ0) is 25.6. The van der Waals surface area contributed by atoms with Gasteiger partial charge in [-0.05, 0) is 65.5 Å². The molecule has 1 aliphatic carbocycles. The van der Waals surface area contributed by atoms with Crippen LogP contribution in [0.25, 0.3) is 0 Å². The number of rotatable bonds is 9. The first kappa shape index (κ1) is 27.5. The van der Waals surface area contributed by atoms with Gasteiger partial charge >= 0.3 is 0 Å². The highest BCUT2D eigenvalue weighted by molar-refractivity contribution is 9.10. The number of nitrogens with one attached hydrogen (secondary N) is 1. The summed E-state index contributed by atoms with van der Waals surface area (Å²) in [6, 6.07) is 13.1. The number of anilines is 1. The molecule has 1 atom stereocenters. The topological polar surface area (TPSA) is 86.8 Å². The Morgan fingerprint density at radius 2 is 1.71 bits per heavy atom. The monoisotopic (exact) mass is 583 g/mol. The normalized spacial score (nSPS) is 15.3. The van der Waals surface area contributed by atoms with Crippen molar-refractivity contribution in [3.05, 3.63) is 63.6 Å². The first-order valence-corrected chi connectivity index (χ1v) is 14.6. The van der Waals surface area contributed by atoms with Crippen molar-refractivity contribution < 1.29 is 18.0 Å². The zero-order valence-corrected chi connectivity index (χ0v) is 23.1. The van der Waals surface area contributed by atoms with Crippen LogP contribution in [0.3, 0.4) is 0 Å². The van der Waals surface area contributed by atoms with Gasteiger partial charge in [-0.15, -0.1) is 0 Å². The number of nitrogens with zero attached hydrogens (tertiary/aromatic N) is 2. The second-order valence-corrected chi connectivity index (χ2v) is 12.1. The van der Waals surface area contributed by atoms with Crippen molar-refractivity contribution in [2.24, 2.45) is 0 Å². The van der Waals surface area contributed by atoms with Gasteiger partial charge in [-0.3, -0.25) is 13.9 Å². The first-order valence-electron chi connectivity index (χ1n) is 11.6. The molecule has 0 spiro atoms. The number of hydrogen-bond acceptors (Lipinski definition) is 4. The Bertz CT molecular complexity index is 1140. The quantitative estimate of drug-likeness (QED) is 0.462. The third-order valence-electron chi connectivity index (χ3n) is 6.19. The number of halogens is 2. The molecule has 35 heavy (non-hydrogen) atoms. The fourth-order valence-corrected chi connectivity index (χ4v) is 5.79. The van der Waals surface area contributed by atoms with Crippen molar-refractivity contribution in [3.63, 3.8) is 0 Å². The minimum Gasteiger partial charge on any atom is -0.352 e. The lowest BCUT2D eigenvalue weighted by Crippen LogP contribution is -2.53. The average Bonchev–Trinajstić information content (AvgIpc) is 2.82. The van der Waals surface area contributed by atoms with Crippen LogP contribution in [0.1, 0.15) is 44.6 Å². The van der Waals surface area contributed by atoms with Crippen LogP contribution in [0.15, 0.2) is 53.0 Å². The van der Waals surface area contributed by atoms with Crippen molar-refractivity contribution in [1.82, 2.24) is 10.2 Å². The largest absolute Gasteiger partial charge is 0.352 e. The smallest absolute Gasteiger partial charge is 0.244 e. The molecule has 2 aromatic rings. The van der Waals surface area contributed by atoms with Gasteiger partial charge in [-0.2, -0.15) is 0 Å². The van der Waals surface area contributed by atoms with Crippen molar-refractivity contribution in [3.8, 4) is 0 Å². The number of hydrogen-bond donors (Lipinski definition) is 1. The molecule has 0 saturated heterocycles. The van der Waals surface area contributed by atoms with E-state index in [9.17, 15) is 18.0 Å². The Morgan fingerprint density at radius 1 is 1.09 bits per heavy atom. The van der Waals surface area contributed by atoms with Crippen molar-refractivity contribution in [2.45, 2.75) is 57.7 Å². The Hall–Kier alpha value is -2.10. The molecular weight excluding hydrogens is 554 g/mol. The number of carbonyl (C=O) groups excluding carboxylic acids is 2. The Balaban J connectivity index is 1.87. The Kier molecular flexibility index (Phi) is 9.61. The van der Waals surface area contributed by atoms with E-state index in [1.54, 1.807) is 55.5 Å². The molecule has 0 bridgehead atoms. The van der Waals surface area contributed by atoms with Gasteiger partial charge in [-0.25, -0.2) is 8.42 Å². The molecule has 3 rings (SSSR count). The van der Waals surface area contributed by atoms with Gasteiger partial charge in [0.1, 0.15) is 12.6 Å². The molecule has 1 saturated carbocycles. The summed E-state index contributed by atoms with van der Waals surface area (Å²) < 4.78 is 26.9. The number of carbonyl (C=O) groups is 2. The standard InChI is InChI=1S/C25H31BrClN3O4S/c1-18(25(32)28-21-8-4-3-5-9-21)29(16-19-12-14-20(27)15-13-19)24(31)17-30(35(2,33)34)23-11-7-6-10-22(23)26/h6-7,10-15,18,21H,3-5,8-9,16-17H2,1-2H3,(H,28,32)/t18-/m1/s1. The van der Waals surface area contributed by atoms with Gasteiger partial charge in [0.25, 0.3) is 0 Å². The molecule has 7 nitrogen and oxygen atoms in total. The molecule has 1 fully saturated rings. The van der Waals surface area contributed by atoms with E-state index in [0.717, 1.165) is 41.8 Å². The highest BCUT2D eigenvalue weighted by atomic mass is 79.9. The lowest BCUT2D eigenvalue weighted by molar-refractivity contribution is -0.139. The van der Waals surface area contributed by atoms with Gasteiger partial charge in [0.2, 0.25) is 21.8 Å². The molecule has 1 N–H and O–H groups in total. The summed E-state index contributed by atoms with van der Waals surface area (Å²) in [5.74, 6) is -0.724. The molecule has 2 aromatic carbocycles. The molecule has 1 aliphatic rings. The minimum atomic E-state index is -3.78. The maximum atomic E-state index is 13.6. The molecule has 0 heterocycles. The minimum absolute atomic E-state index is 0.0963. The van der Waals surface area contributed by atoms with Crippen LogP contribution < -0.4 is 9.62 Å². The molecule has 190 valence electrons. The number of sulfonamides is 1. The lowest BCUT2D eigenvalue weighted by atomic mass is 9.95. The predicted octanol–water partition coefficient (Wildman–Crippen LogP) is 4.73. The highest BCUT2D eigenvalue weighted by Crippen LogP contribution is 2.28. The highest BCUT2D eigenvalue weighted by Gasteiger charge is 2.31. The SMILES string of the molecule is C[C@H](C(=O)NC1CCCCC1)N(Cc1ccc(Cl)cc1)C(=O)CN(c1ccccc1Br)S(C)(=O)=O. The van der Waals surface area contributed by atoms with Gasteiger partial charge in [0.15, 0.2) is 0 Å². The van der Waals surface area contributed by atoms with Crippen LogP contribution in [0, 0.1) is 0 Å². The summed E-state index contributed by atoms with van der Waals surface area (Å²) in [6.45, 7) is 1.38. The fraction of sp³-hybridized carbons (Fsp3) is 0.440. The Morgan fingerprint density at radius 3 is 2.31 bits per heavy atom. The molecule has 10 heteroatoms. The zero-order valence-electron chi connectivity index (χ0n) is 19.9. The van der Waals surface area contributed by atoms with Gasteiger partial charge < -0.3 is 10.2 Å². The van der Waals surface area contributed by atoms with E-state index in [2.05, 4.69) is 21.2 Å². The van der Waals surface area contributed by atoms with E-state index in [1.165, 1.54) is 11.3 Å². The fourth-order valence-electron chi connectivity index (χ4n) is 4.19. The summed E-state index contributed by atoms with van der Waals surface area (Å²) in [5.41, 5.74) is 1.14. The van der Waals surface area contributed by atoms with E-state index in [1.807, 2.05) is 0 Å². The summed E-state index contributed by atoms with van der Waals surface area (Å²) in [7, 11) is -3.78. The van der Waals surface area contributed by atoms with E-state index in [-0.39, 0.29) is 18.5 Å². The summed E-state index contributed by atoms with van der Waals surface area (Å²) in [6.07, 6.45) is 6.22. The summed E-state index contributed by atoms with van der Waals surface area (Å²) in [5, 5.41) is 3.64. The number of para-hydroxylation sites is 1. The van der Waals surface area contributed by atoms with Crippen LogP contribution in [-0.4, -0.2) is 50.0 Å². The van der Waals surface area contributed by atoms with Crippen LogP contribution >= 0.6 is 27.5 Å². The van der Waals surface area contributed by atoms with E-state index in [4.69, 9.17) is 11.6 Å². The van der Waals surface area contributed by atoms with E-state index in [0.29, 0.717) is 15.2 Å². The third-order valence-corrected chi connectivity index (χ3v) is 8.23. The van der Waals surface area contributed by atoms with Crippen LogP contribution in [0.4, 0.5) is 5.69 Å². The van der Waals surface area contributed by atoms with Crippen LogP contribution in [-0.2, 0) is 26.2 Å². The van der Waals surface area contributed by atoms with E-state index >= 15 is 0 Å². The second-order valence-electron chi connectivity index (χ2n) is 8.89. The molecule has 2 amide bonds. The van der Waals surface area contributed by atoms with Crippen molar-refractivity contribution >= 4 is 55.1 Å².